The lowest BCUT2D eigenvalue weighted by molar-refractivity contribution is 0.415. The van der Waals surface area contributed by atoms with Crippen molar-refractivity contribution in [3.63, 3.8) is 0 Å². The maximum absolute atomic E-state index is 11.9. The van der Waals surface area contributed by atoms with E-state index in [1.807, 2.05) is 13.8 Å². The SMILES string of the molecule is COc1ccc2nc(S(C)(=O)=O)c(NCC(C)C)nc2c1. The molecule has 21 heavy (non-hydrogen) atoms. The molecule has 0 atom stereocenters. The summed E-state index contributed by atoms with van der Waals surface area (Å²) in [6, 6.07) is 5.15. The van der Waals surface area contributed by atoms with Crippen LogP contribution in [0.3, 0.4) is 0 Å². The van der Waals surface area contributed by atoms with Crippen LogP contribution in [0, 0.1) is 5.92 Å². The number of methoxy groups -OCH3 is 1. The van der Waals surface area contributed by atoms with Gasteiger partial charge in [0.2, 0.25) is 0 Å². The number of ether oxygens (including phenoxy) is 1. The van der Waals surface area contributed by atoms with Crippen molar-refractivity contribution >= 4 is 26.7 Å². The Bertz CT molecular complexity index is 757. The van der Waals surface area contributed by atoms with Crippen LogP contribution in [-0.4, -0.2) is 38.3 Å². The van der Waals surface area contributed by atoms with E-state index in [-0.39, 0.29) is 10.8 Å². The number of nitrogens with zero attached hydrogens (tertiary/aromatic N) is 2. The highest BCUT2D eigenvalue weighted by molar-refractivity contribution is 7.90. The molecule has 1 aromatic heterocycles. The molecule has 0 fully saturated rings. The highest BCUT2D eigenvalue weighted by Crippen LogP contribution is 2.24. The number of rotatable bonds is 5. The molecule has 0 aliphatic rings. The highest BCUT2D eigenvalue weighted by atomic mass is 32.2. The lowest BCUT2D eigenvalue weighted by Gasteiger charge is -2.12. The van der Waals surface area contributed by atoms with Crippen molar-refractivity contribution in [3.8, 4) is 5.75 Å². The Morgan fingerprint density at radius 2 is 1.95 bits per heavy atom. The number of hydrogen-bond donors (Lipinski definition) is 1. The van der Waals surface area contributed by atoms with Gasteiger partial charge in [0, 0.05) is 18.9 Å². The maximum atomic E-state index is 11.9. The summed E-state index contributed by atoms with van der Waals surface area (Å²) < 4.78 is 28.9. The van der Waals surface area contributed by atoms with Gasteiger partial charge < -0.3 is 10.1 Å². The summed E-state index contributed by atoms with van der Waals surface area (Å²) in [5, 5.41) is 3.03. The van der Waals surface area contributed by atoms with Crippen LogP contribution in [0.1, 0.15) is 13.8 Å². The van der Waals surface area contributed by atoms with Crippen LogP contribution >= 0.6 is 0 Å². The Kier molecular flexibility index (Phi) is 4.32. The van der Waals surface area contributed by atoms with Gasteiger partial charge in [0.25, 0.3) is 0 Å². The van der Waals surface area contributed by atoms with E-state index in [1.165, 1.54) is 0 Å². The quantitative estimate of drug-likeness (QED) is 0.911. The topological polar surface area (TPSA) is 81.2 Å². The third-order valence-corrected chi connectivity index (χ3v) is 3.86. The summed E-state index contributed by atoms with van der Waals surface area (Å²) in [5.41, 5.74) is 1.11. The molecule has 0 amide bonds. The molecule has 0 radical (unpaired) electrons. The summed E-state index contributed by atoms with van der Waals surface area (Å²) in [5.74, 6) is 1.30. The van der Waals surface area contributed by atoms with Crippen molar-refractivity contribution in [1.82, 2.24) is 9.97 Å². The minimum atomic E-state index is -3.46. The molecule has 0 spiro atoms. The summed E-state index contributed by atoms with van der Waals surface area (Å²) in [6.45, 7) is 4.68. The van der Waals surface area contributed by atoms with Crippen LogP contribution in [0.4, 0.5) is 5.82 Å². The van der Waals surface area contributed by atoms with Crippen molar-refractivity contribution in [2.24, 2.45) is 5.92 Å². The molecule has 0 saturated heterocycles. The summed E-state index contributed by atoms with van der Waals surface area (Å²) in [6.07, 6.45) is 1.13. The minimum absolute atomic E-state index is 0.0270. The number of aromatic nitrogens is 2. The second-order valence-electron chi connectivity index (χ2n) is 5.28. The van der Waals surface area contributed by atoms with Gasteiger partial charge in [0.05, 0.1) is 18.1 Å². The third kappa shape index (κ3) is 3.60. The van der Waals surface area contributed by atoms with Gasteiger partial charge in [0.1, 0.15) is 5.75 Å². The molecule has 7 heteroatoms. The van der Waals surface area contributed by atoms with Crippen molar-refractivity contribution < 1.29 is 13.2 Å². The van der Waals surface area contributed by atoms with Gasteiger partial charge in [-0.2, -0.15) is 0 Å². The zero-order valence-electron chi connectivity index (χ0n) is 12.5. The monoisotopic (exact) mass is 309 g/mol. The Morgan fingerprint density at radius 1 is 1.24 bits per heavy atom. The number of anilines is 1. The molecule has 1 N–H and O–H groups in total. The van der Waals surface area contributed by atoms with E-state index in [1.54, 1.807) is 25.3 Å². The number of hydrogen-bond acceptors (Lipinski definition) is 6. The first kappa shape index (κ1) is 15.5. The lowest BCUT2D eigenvalue weighted by Crippen LogP contribution is -2.14. The molecular weight excluding hydrogens is 290 g/mol. The number of nitrogens with one attached hydrogen (secondary N) is 1. The van der Waals surface area contributed by atoms with Crippen LogP contribution in [0.15, 0.2) is 23.2 Å². The highest BCUT2D eigenvalue weighted by Gasteiger charge is 2.18. The molecule has 0 saturated carbocycles. The van der Waals surface area contributed by atoms with Crippen molar-refractivity contribution in [1.29, 1.82) is 0 Å². The van der Waals surface area contributed by atoms with Gasteiger partial charge in [-0.05, 0) is 18.1 Å². The second-order valence-corrected chi connectivity index (χ2v) is 7.21. The molecule has 2 rings (SSSR count). The molecular formula is C14H19N3O3S. The number of fused-ring (bicyclic) bond motifs is 1. The molecule has 114 valence electrons. The average Bonchev–Trinajstić information content (AvgIpc) is 2.42. The van der Waals surface area contributed by atoms with E-state index in [9.17, 15) is 8.42 Å². The Hall–Kier alpha value is -1.89. The van der Waals surface area contributed by atoms with E-state index in [0.29, 0.717) is 29.2 Å². The van der Waals surface area contributed by atoms with Crippen molar-refractivity contribution in [3.05, 3.63) is 18.2 Å². The number of benzene rings is 1. The molecule has 0 bridgehead atoms. The fourth-order valence-electron chi connectivity index (χ4n) is 1.82. The van der Waals surface area contributed by atoms with Gasteiger partial charge in [-0.15, -0.1) is 0 Å². The Labute approximate surface area is 124 Å². The second kappa shape index (κ2) is 5.85. The van der Waals surface area contributed by atoms with E-state index in [4.69, 9.17) is 4.74 Å². The largest absolute Gasteiger partial charge is 0.497 e. The Balaban J connectivity index is 2.60. The summed E-state index contributed by atoms with van der Waals surface area (Å²) in [7, 11) is -1.89. The molecule has 0 aliphatic carbocycles. The molecule has 2 aromatic rings. The van der Waals surface area contributed by atoms with Gasteiger partial charge in [-0.25, -0.2) is 18.4 Å². The van der Waals surface area contributed by atoms with Crippen LogP contribution in [0.2, 0.25) is 0 Å². The molecule has 6 nitrogen and oxygen atoms in total. The van der Waals surface area contributed by atoms with Crippen molar-refractivity contribution in [2.75, 3.05) is 25.2 Å². The molecule has 1 heterocycles. The van der Waals surface area contributed by atoms with Gasteiger partial charge in [-0.1, -0.05) is 13.8 Å². The smallest absolute Gasteiger partial charge is 0.198 e. The van der Waals surface area contributed by atoms with Gasteiger partial charge in [0.15, 0.2) is 20.7 Å². The van der Waals surface area contributed by atoms with Crippen molar-refractivity contribution in [2.45, 2.75) is 18.9 Å². The van der Waals surface area contributed by atoms with E-state index >= 15 is 0 Å². The van der Waals surface area contributed by atoms with Crippen LogP contribution in [0.25, 0.3) is 11.0 Å². The Morgan fingerprint density at radius 3 is 2.52 bits per heavy atom. The fourth-order valence-corrected chi connectivity index (χ4v) is 2.55. The summed E-state index contributed by atoms with van der Waals surface area (Å²) >= 11 is 0. The first-order chi connectivity index (χ1) is 9.81. The predicted octanol–water partition coefficient (Wildman–Crippen LogP) is 2.11. The van der Waals surface area contributed by atoms with E-state index in [0.717, 1.165) is 6.26 Å². The maximum Gasteiger partial charge on any atom is 0.198 e. The first-order valence-electron chi connectivity index (χ1n) is 6.61. The number of sulfone groups is 1. The zero-order chi connectivity index (χ0) is 15.6. The third-order valence-electron chi connectivity index (χ3n) is 2.87. The van der Waals surface area contributed by atoms with Gasteiger partial charge in [-0.3, -0.25) is 0 Å². The van der Waals surface area contributed by atoms with E-state index in [2.05, 4.69) is 15.3 Å². The van der Waals surface area contributed by atoms with E-state index < -0.39 is 9.84 Å². The molecule has 0 aliphatic heterocycles. The average molecular weight is 309 g/mol. The normalized spacial score (nSPS) is 11.9. The molecule has 0 unspecified atom stereocenters. The predicted molar refractivity (Wildman–Crippen MR) is 82.5 cm³/mol. The fraction of sp³-hybridized carbons (Fsp3) is 0.429. The van der Waals surface area contributed by atoms with Gasteiger partial charge >= 0.3 is 0 Å². The standard InChI is InChI=1S/C14H19N3O3S/c1-9(2)8-15-13-14(21(4,18)19)17-11-6-5-10(20-3)7-12(11)16-13/h5-7,9H,8H2,1-4H3,(H,15,16). The molecule has 1 aromatic carbocycles. The van der Waals surface area contributed by atoms with Crippen LogP contribution in [0.5, 0.6) is 5.75 Å². The van der Waals surface area contributed by atoms with Crippen LogP contribution in [-0.2, 0) is 9.84 Å². The van der Waals surface area contributed by atoms with Crippen LogP contribution < -0.4 is 10.1 Å². The lowest BCUT2D eigenvalue weighted by atomic mass is 10.2. The zero-order valence-corrected chi connectivity index (χ0v) is 13.4. The first-order valence-corrected chi connectivity index (χ1v) is 8.50. The summed E-state index contributed by atoms with van der Waals surface area (Å²) in [4.78, 5) is 8.62. The minimum Gasteiger partial charge on any atom is -0.497 e.